The summed E-state index contributed by atoms with van der Waals surface area (Å²) in [4.78, 5) is 28.2. The van der Waals surface area contributed by atoms with Crippen LogP contribution in [0.5, 0.6) is 0 Å². The van der Waals surface area contributed by atoms with Crippen molar-refractivity contribution in [3.8, 4) is 0 Å². The monoisotopic (exact) mass is 309 g/mol. The number of anilines is 1. The molecule has 0 amide bonds. The maximum Gasteiger partial charge on any atom is 0.339 e. The zero-order chi connectivity index (χ0) is 16.5. The molecule has 1 saturated heterocycles. The second-order valence-corrected chi connectivity index (χ2v) is 5.88. The fourth-order valence-electron chi connectivity index (χ4n) is 2.67. The van der Waals surface area contributed by atoms with Gasteiger partial charge in [0.2, 0.25) is 5.82 Å². The van der Waals surface area contributed by atoms with Crippen LogP contribution in [0.25, 0.3) is 0 Å². The second-order valence-electron chi connectivity index (χ2n) is 5.88. The molecule has 0 aliphatic carbocycles. The van der Waals surface area contributed by atoms with Crippen LogP contribution in [0.1, 0.15) is 31.1 Å². The van der Waals surface area contributed by atoms with Crippen LogP contribution in [0.3, 0.4) is 0 Å². The van der Waals surface area contributed by atoms with Gasteiger partial charge in [-0.1, -0.05) is 0 Å². The van der Waals surface area contributed by atoms with Crippen LogP contribution in [-0.4, -0.2) is 47.8 Å². The van der Waals surface area contributed by atoms with Gasteiger partial charge in [0.1, 0.15) is 0 Å². The number of hydrogen-bond acceptors (Lipinski definition) is 7. The van der Waals surface area contributed by atoms with Gasteiger partial charge in [-0.2, -0.15) is 0 Å². The molecule has 120 valence electrons. The molecule has 0 spiro atoms. The van der Waals surface area contributed by atoms with Gasteiger partial charge in [0.15, 0.2) is 0 Å². The summed E-state index contributed by atoms with van der Waals surface area (Å²) < 4.78 is 10.4. The highest BCUT2D eigenvalue weighted by molar-refractivity contribution is 5.90. The van der Waals surface area contributed by atoms with E-state index in [1.807, 2.05) is 25.7 Å². The number of pyridine rings is 1. The predicted molar refractivity (Wildman–Crippen MR) is 79.1 cm³/mol. The average molecular weight is 309 g/mol. The molecule has 0 bridgehead atoms. The zero-order valence-electron chi connectivity index (χ0n) is 13.0. The molecule has 1 unspecified atom stereocenters. The molecule has 0 N–H and O–H groups in total. The van der Waals surface area contributed by atoms with Crippen LogP contribution in [0.4, 0.5) is 11.5 Å². The summed E-state index contributed by atoms with van der Waals surface area (Å²) in [6.07, 6.45) is 1.21. The fraction of sp³-hybridized carbons (Fsp3) is 0.571. The van der Waals surface area contributed by atoms with Crippen molar-refractivity contribution in [2.24, 2.45) is 0 Å². The molecular weight excluding hydrogens is 290 g/mol. The quantitative estimate of drug-likeness (QED) is 0.477. The number of carbonyl (C=O) groups is 1. The van der Waals surface area contributed by atoms with Gasteiger partial charge in [0.25, 0.3) is 0 Å². The second kappa shape index (κ2) is 5.88. The van der Waals surface area contributed by atoms with Gasteiger partial charge in [-0.3, -0.25) is 10.1 Å². The summed E-state index contributed by atoms with van der Waals surface area (Å²) >= 11 is 0. The lowest BCUT2D eigenvalue weighted by Gasteiger charge is -2.42. The van der Waals surface area contributed by atoms with E-state index in [-0.39, 0.29) is 23.2 Å². The summed E-state index contributed by atoms with van der Waals surface area (Å²) in [5, 5.41) is 11.3. The third-order valence-electron chi connectivity index (χ3n) is 3.33. The summed E-state index contributed by atoms with van der Waals surface area (Å²) in [5.41, 5.74) is -0.597. The van der Waals surface area contributed by atoms with Crippen molar-refractivity contribution in [1.29, 1.82) is 0 Å². The first-order valence-corrected chi connectivity index (χ1v) is 6.89. The molecule has 1 fully saturated rings. The van der Waals surface area contributed by atoms with E-state index in [1.54, 1.807) is 0 Å². The zero-order valence-corrected chi connectivity index (χ0v) is 13.0. The van der Waals surface area contributed by atoms with Crippen LogP contribution in [-0.2, 0) is 9.47 Å². The first kappa shape index (κ1) is 16.2. The SMILES string of the molecule is COC(=O)c1cnc(N2CC(C)OC(C)(C)C2)c([N+](=O)[O-])c1. The summed E-state index contributed by atoms with van der Waals surface area (Å²) in [6.45, 7) is 6.72. The standard InChI is InChI=1S/C14H19N3O5/c1-9-7-16(8-14(2,3)22-9)12-11(17(19)20)5-10(6-15-12)13(18)21-4/h5-6,9H,7-8H2,1-4H3. The maximum atomic E-state index is 11.5. The third kappa shape index (κ3) is 3.33. The topological polar surface area (TPSA) is 94.8 Å². The van der Waals surface area contributed by atoms with E-state index < -0.39 is 16.5 Å². The molecule has 0 saturated carbocycles. The molecule has 1 aromatic rings. The lowest BCUT2D eigenvalue weighted by atomic mass is 10.1. The number of methoxy groups -OCH3 is 1. The highest BCUT2D eigenvalue weighted by atomic mass is 16.6. The summed E-state index contributed by atoms with van der Waals surface area (Å²) in [5.74, 6) is -0.418. The summed E-state index contributed by atoms with van der Waals surface area (Å²) in [7, 11) is 1.22. The number of esters is 1. The van der Waals surface area contributed by atoms with Gasteiger partial charge in [0.05, 0.1) is 29.3 Å². The number of ether oxygens (including phenoxy) is 2. The Morgan fingerprint density at radius 1 is 1.59 bits per heavy atom. The minimum Gasteiger partial charge on any atom is -0.465 e. The molecule has 1 aromatic heterocycles. The molecule has 2 rings (SSSR count). The van der Waals surface area contributed by atoms with E-state index in [0.717, 1.165) is 0 Å². The van der Waals surface area contributed by atoms with Gasteiger partial charge in [-0.05, 0) is 20.8 Å². The molecule has 1 atom stereocenters. The highest BCUT2D eigenvalue weighted by Crippen LogP contribution is 2.31. The Kier molecular flexibility index (Phi) is 4.32. The number of rotatable bonds is 3. The van der Waals surface area contributed by atoms with Gasteiger partial charge in [-0.15, -0.1) is 0 Å². The third-order valence-corrected chi connectivity index (χ3v) is 3.33. The molecule has 1 aliphatic rings. The Morgan fingerprint density at radius 3 is 2.82 bits per heavy atom. The van der Waals surface area contributed by atoms with Crippen molar-refractivity contribution in [2.75, 3.05) is 25.1 Å². The number of aromatic nitrogens is 1. The van der Waals surface area contributed by atoms with Crippen molar-refractivity contribution in [3.05, 3.63) is 27.9 Å². The number of nitrogens with zero attached hydrogens (tertiary/aromatic N) is 3. The van der Waals surface area contributed by atoms with Crippen LogP contribution in [0, 0.1) is 10.1 Å². The Labute approximate surface area is 128 Å². The van der Waals surface area contributed by atoms with Gasteiger partial charge >= 0.3 is 11.7 Å². The van der Waals surface area contributed by atoms with Crippen molar-refractivity contribution in [1.82, 2.24) is 4.98 Å². The van der Waals surface area contributed by atoms with E-state index in [9.17, 15) is 14.9 Å². The molecule has 22 heavy (non-hydrogen) atoms. The number of hydrogen-bond donors (Lipinski definition) is 0. The van der Waals surface area contributed by atoms with E-state index >= 15 is 0 Å². The van der Waals surface area contributed by atoms with Gasteiger partial charge in [0, 0.05) is 25.4 Å². The van der Waals surface area contributed by atoms with Crippen molar-refractivity contribution in [3.63, 3.8) is 0 Å². The van der Waals surface area contributed by atoms with Crippen LogP contribution in [0.2, 0.25) is 0 Å². The number of nitro groups is 1. The lowest BCUT2D eigenvalue weighted by molar-refractivity contribution is -0.384. The van der Waals surface area contributed by atoms with E-state index in [4.69, 9.17) is 4.74 Å². The normalized spacial score (nSPS) is 20.5. The Bertz CT molecular complexity index is 602. The van der Waals surface area contributed by atoms with Crippen LogP contribution < -0.4 is 4.90 Å². The van der Waals surface area contributed by atoms with E-state index in [1.165, 1.54) is 19.4 Å². The lowest BCUT2D eigenvalue weighted by Crippen LogP contribution is -2.52. The Morgan fingerprint density at radius 2 is 2.27 bits per heavy atom. The van der Waals surface area contributed by atoms with Crippen LogP contribution in [0.15, 0.2) is 12.3 Å². The van der Waals surface area contributed by atoms with E-state index in [0.29, 0.717) is 13.1 Å². The molecule has 1 aliphatic heterocycles. The molecule has 8 nitrogen and oxygen atoms in total. The Balaban J connectivity index is 2.42. The highest BCUT2D eigenvalue weighted by Gasteiger charge is 2.35. The fourth-order valence-corrected chi connectivity index (χ4v) is 2.67. The number of carbonyl (C=O) groups excluding carboxylic acids is 1. The van der Waals surface area contributed by atoms with Crippen molar-refractivity contribution in [2.45, 2.75) is 32.5 Å². The minimum atomic E-state index is -0.655. The predicted octanol–water partition coefficient (Wildman–Crippen LogP) is 1.78. The van der Waals surface area contributed by atoms with Crippen molar-refractivity contribution < 1.29 is 19.2 Å². The van der Waals surface area contributed by atoms with Crippen LogP contribution >= 0.6 is 0 Å². The first-order valence-electron chi connectivity index (χ1n) is 6.89. The van der Waals surface area contributed by atoms with Gasteiger partial charge in [-0.25, -0.2) is 9.78 Å². The molecule has 0 aromatic carbocycles. The minimum absolute atomic E-state index is 0.0542. The number of morpholine rings is 1. The van der Waals surface area contributed by atoms with E-state index in [2.05, 4.69) is 9.72 Å². The molecule has 8 heteroatoms. The molecular formula is C14H19N3O5. The smallest absolute Gasteiger partial charge is 0.339 e. The maximum absolute atomic E-state index is 11.5. The largest absolute Gasteiger partial charge is 0.465 e. The molecule has 0 radical (unpaired) electrons. The van der Waals surface area contributed by atoms with Gasteiger partial charge < -0.3 is 14.4 Å². The average Bonchev–Trinajstić information content (AvgIpc) is 2.43. The first-order chi connectivity index (χ1) is 10.2. The molecule has 2 heterocycles. The Hall–Kier alpha value is -2.22. The van der Waals surface area contributed by atoms with Crippen molar-refractivity contribution >= 4 is 17.5 Å². The summed E-state index contributed by atoms with van der Waals surface area (Å²) in [6, 6.07) is 1.20.